The van der Waals surface area contributed by atoms with Crippen LogP contribution in [0.3, 0.4) is 0 Å². The summed E-state index contributed by atoms with van der Waals surface area (Å²) in [5.74, 6) is -0.474. The Hall–Kier alpha value is -2.50. The quantitative estimate of drug-likeness (QED) is 0.910. The molecule has 1 aromatic heterocycles. The lowest BCUT2D eigenvalue weighted by Gasteiger charge is -2.19. The Morgan fingerprint density at radius 1 is 1.43 bits per heavy atom. The maximum atomic E-state index is 11.4. The Kier molecular flexibility index (Phi) is 4.16. The summed E-state index contributed by atoms with van der Waals surface area (Å²) < 4.78 is 10.0. The zero-order chi connectivity index (χ0) is 15.5. The van der Waals surface area contributed by atoms with E-state index in [-0.39, 0.29) is 0 Å². The first kappa shape index (κ1) is 14.9. The normalized spacial score (nSPS) is 12.0. The Morgan fingerprint density at radius 3 is 2.90 bits per heavy atom. The van der Waals surface area contributed by atoms with Gasteiger partial charge in [-0.1, -0.05) is 18.2 Å². The summed E-state index contributed by atoms with van der Waals surface area (Å²) in [5.41, 5.74) is 1.54. The van der Waals surface area contributed by atoms with E-state index >= 15 is 0 Å². The van der Waals surface area contributed by atoms with Crippen molar-refractivity contribution in [3.63, 3.8) is 0 Å². The Bertz CT molecular complexity index is 719. The molecule has 1 heterocycles. The number of amides is 1. The van der Waals surface area contributed by atoms with Gasteiger partial charge in [0.1, 0.15) is 5.60 Å². The van der Waals surface area contributed by atoms with Crippen molar-refractivity contribution < 1.29 is 13.9 Å². The van der Waals surface area contributed by atoms with Crippen LogP contribution in [0.5, 0.6) is 0 Å². The monoisotopic (exact) mass is 290 g/mol. The summed E-state index contributed by atoms with van der Waals surface area (Å²) in [5, 5.41) is 2.63. The highest BCUT2D eigenvalue weighted by Gasteiger charge is 2.14. The number of fused-ring (bicyclic) bond motifs is 1. The molecule has 0 saturated heterocycles. The molecule has 1 aromatic carbocycles. The van der Waals surface area contributed by atoms with Gasteiger partial charge in [0, 0.05) is 6.54 Å². The van der Waals surface area contributed by atoms with Gasteiger partial charge in [0.05, 0.1) is 5.52 Å². The predicted octanol–water partition coefficient (Wildman–Crippen LogP) is 2.66. The van der Waals surface area contributed by atoms with E-state index in [1.165, 1.54) is 0 Å². The number of hydrogen-bond acceptors (Lipinski definition) is 4. The van der Waals surface area contributed by atoms with Gasteiger partial charge < -0.3 is 14.5 Å². The Morgan fingerprint density at radius 2 is 2.19 bits per heavy atom. The standard InChI is InChI=1S/C15H18N2O4/c1-15(2,3)21-13(18)16-8-4-5-10-6-7-12-11(9-10)17-14(19)20-12/h4-7,9H,8H2,1-3H3,(H,16,18)(H,17,19)/b5-4-. The van der Waals surface area contributed by atoms with E-state index in [2.05, 4.69) is 10.3 Å². The van der Waals surface area contributed by atoms with Crippen molar-refractivity contribution in [2.45, 2.75) is 26.4 Å². The molecule has 2 aromatic rings. The molecule has 2 N–H and O–H groups in total. The van der Waals surface area contributed by atoms with Crippen LogP contribution in [0.1, 0.15) is 26.3 Å². The SMILES string of the molecule is CC(C)(C)OC(=O)NC/C=C\c1ccc2oc(=O)[nH]c2c1. The van der Waals surface area contributed by atoms with Gasteiger partial charge in [-0.15, -0.1) is 0 Å². The summed E-state index contributed by atoms with van der Waals surface area (Å²) in [6, 6.07) is 5.33. The van der Waals surface area contributed by atoms with Crippen LogP contribution in [-0.4, -0.2) is 23.2 Å². The molecule has 0 aliphatic carbocycles. The van der Waals surface area contributed by atoms with Gasteiger partial charge in [0.15, 0.2) is 5.58 Å². The predicted molar refractivity (Wildman–Crippen MR) is 80.1 cm³/mol. The number of benzene rings is 1. The molecule has 6 heteroatoms. The molecule has 0 atom stereocenters. The summed E-state index contributed by atoms with van der Waals surface area (Å²) in [6.07, 6.45) is 3.17. The van der Waals surface area contributed by atoms with Gasteiger partial charge >= 0.3 is 11.8 Å². The minimum absolute atomic E-state index is 0.356. The Labute approximate surface area is 121 Å². The summed E-state index contributed by atoms with van der Waals surface area (Å²) in [6.45, 7) is 5.78. The molecule has 0 radical (unpaired) electrons. The average Bonchev–Trinajstić information content (AvgIpc) is 2.71. The number of ether oxygens (including phenoxy) is 1. The first-order valence-electron chi connectivity index (χ1n) is 6.60. The van der Waals surface area contributed by atoms with Gasteiger partial charge in [0.25, 0.3) is 0 Å². The second kappa shape index (κ2) is 5.87. The number of oxazole rings is 1. The first-order valence-corrected chi connectivity index (χ1v) is 6.60. The van der Waals surface area contributed by atoms with E-state index in [1.54, 1.807) is 18.2 Å². The van der Waals surface area contributed by atoms with E-state index in [0.717, 1.165) is 5.56 Å². The van der Waals surface area contributed by atoms with Gasteiger partial charge in [-0.2, -0.15) is 0 Å². The molecule has 0 bridgehead atoms. The number of nitrogens with one attached hydrogen (secondary N) is 2. The molecule has 0 saturated carbocycles. The van der Waals surface area contributed by atoms with Crippen molar-refractivity contribution in [2.24, 2.45) is 0 Å². The van der Waals surface area contributed by atoms with Gasteiger partial charge in [-0.25, -0.2) is 9.59 Å². The minimum atomic E-state index is -0.508. The highest BCUT2D eigenvalue weighted by Crippen LogP contribution is 2.13. The van der Waals surface area contributed by atoms with E-state index in [9.17, 15) is 9.59 Å². The summed E-state index contributed by atoms with van der Waals surface area (Å²) >= 11 is 0. The van der Waals surface area contributed by atoms with Gasteiger partial charge in [-0.3, -0.25) is 4.98 Å². The molecule has 0 aliphatic heterocycles. The molecule has 0 spiro atoms. The first-order chi connectivity index (χ1) is 9.83. The maximum absolute atomic E-state index is 11.4. The van der Waals surface area contributed by atoms with Crippen molar-refractivity contribution in [3.8, 4) is 0 Å². The molecule has 21 heavy (non-hydrogen) atoms. The molecule has 2 rings (SSSR count). The van der Waals surface area contributed by atoms with Crippen LogP contribution < -0.4 is 11.1 Å². The lowest BCUT2D eigenvalue weighted by molar-refractivity contribution is 0.0534. The maximum Gasteiger partial charge on any atom is 0.417 e. The van der Waals surface area contributed by atoms with Crippen molar-refractivity contribution in [3.05, 3.63) is 40.4 Å². The zero-order valence-corrected chi connectivity index (χ0v) is 12.2. The molecule has 1 amide bonds. The van der Waals surface area contributed by atoms with Crippen LogP contribution >= 0.6 is 0 Å². The lowest BCUT2D eigenvalue weighted by atomic mass is 10.2. The largest absolute Gasteiger partial charge is 0.444 e. The molecular weight excluding hydrogens is 272 g/mol. The fourth-order valence-electron chi connectivity index (χ4n) is 1.72. The van der Waals surface area contributed by atoms with Crippen LogP contribution in [0.15, 0.2) is 33.5 Å². The smallest absolute Gasteiger partial charge is 0.417 e. The lowest BCUT2D eigenvalue weighted by Crippen LogP contribution is -2.32. The summed E-state index contributed by atoms with van der Waals surface area (Å²) in [4.78, 5) is 25.1. The van der Waals surface area contributed by atoms with Crippen LogP contribution in [0.25, 0.3) is 17.2 Å². The van der Waals surface area contributed by atoms with Gasteiger partial charge in [0.2, 0.25) is 0 Å². The minimum Gasteiger partial charge on any atom is -0.444 e. The summed E-state index contributed by atoms with van der Waals surface area (Å²) in [7, 11) is 0. The second-order valence-electron chi connectivity index (χ2n) is 5.56. The number of H-pyrrole nitrogens is 1. The highest BCUT2D eigenvalue weighted by atomic mass is 16.6. The number of aromatic nitrogens is 1. The van der Waals surface area contributed by atoms with Crippen molar-refractivity contribution >= 4 is 23.3 Å². The zero-order valence-electron chi connectivity index (χ0n) is 12.2. The number of aromatic amines is 1. The highest BCUT2D eigenvalue weighted by molar-refractivity contribution is 5.75. The Balaban J connectivity index is 1.91. The van der Waals surface area contributed by atoms with Gasteiger partial charge in [-0.05, 0) is 38.5 Å². The third-order valence-corrected chi connectivity index (χ3v) is 2.52. The van der Waals surface area contributed by atoms with E-state index in [4.69, 9.17) is 9.15 Å². The van der Waals surface area contributed by atoms with E-state index in [1.807, 2.05) is 32.9 Å². The van der Waals surface area contributed by atoms with Crippen molar-refractivity contribution in [1.82, 2.24) is 10.3 Å². The number of rotatable bonds is 3. The van der Waals surface area contributed by atoms with Crippen LogP contribution in [-0.2, 0) is 4.74 Å². The van der Waals surface area contributed by atoms with Crippen LogP contribution in [0, 0.1) is 0 Å². The third kappa shape index (κ3) is 4.52. The second-order valence-corrected chi connectivity index (χ2v) is 5.56. The van der Waals surface area contributed by atoms with Crippen molar-refractivity contribution in [1.29, 1.82) is 0 Å². The fourth-order valence-corrected chi connectivity index (χ4v) is 1.72. The molecule has 0 aliphatic rings. The topological polar surface area (TPSA) is 84.3 Å². The van der Waals surface area contributed by atoms with Crippen LogP contribution in [0.4, 0.5) is 4.79 Å². The molecule has 6 nitrogen and oxygen atoms in total. The van der Waals surface area contributed by atoms with Crippen molar-refractivity contribution in [2.75, 3.05) is 6.54 Å². The van der Waals surface area contributed by atoms with Crippen LogP contribution in [0.2, 0.25) is 0 Å². The number of alkyl carbamates (subject to hydrolysis) is 1. The third-order valence-electron chi connectivity index (χ3n) is 2.52. The van der Waals surface area contributed by atoms with E-state index in [0.29, 0.717) is 17.6 Å². The molecule has 0 fully saturated rings. The molecule has 0 unspecified atom stereocenters. The molecular formula is C15H18N2O4. The fraction of sp³-hybridized carbons (Fsp3) is 0.333. The number of hydrogen-bond donors (Lipinski definition) is 2. The van der Waals surface area contributed by atoms with E-state index < -0.39 is 17.5 Å². The average molecular weight is 290 g/mol. The molecule has 112 valence electrons. The number of carbonyl (C=O) groups is 1. The number of carbonyl (C=O) groups excluding carboxylic acids is 1.